The maximum absolute atomic E-state index is 12.5. The number of nitrogens with one attached hydrogen (secondary N) is 1. The number of nitrogens with zero attached hydrogens (tertiary/aromatic N) is 2. The van der Waals surface area contributed by atoms with Gasteiger partial charge in [-0.15, -0.1) is 0 Å². The van der Waals surface area contributed by atoms with Gasteiger partial charge in [0.2, 0.25) is 5.91 Å². The van der Waals surface area contributed by atoms with Crippen LogP contribution in [-0.2, 0) is 4.79 Å². The van der Waals surface area contributed by atoms with E-state index < -0.39 is 0 Å². The van der Waals surface area contributed by atoms with Gasteiger partial charge in [0.1, 0.15) is 17.3 Å². The lowest BCUT2D eigenvalue weighted by atomic mass is 9.86. The Kier molecular flexibility index (Phi) is 4.32. The fourth-order valence-electron chi connectivity index (χ4n) is 3.49. The van der Waals surface area contributed by atoms with Gasteiger partial charge in [0.25, 0.3) is 0 Å². The number of benzene rings is 2. The van der Waals surface area contributed by atoms with Crippen LogP contribution in [0.15, 0.2) is 48.7 Å². The number of carbonyl (C=O) groups is 1. The summed E-state index contributed by atoms with van der Waals surface area (Å²) >= 11 is 0. The van der Waals surface area contributed by atoms with Crippen LogP contribution in [0.25, 0.3) is 5.69 Å². The van der Waals surface area contributed by atoms with Gasteiger partial charge in [-0.3, -0.25) is 4.79 Å². The van der Waals surface area contributed by atoms with Crippen molar-refractivity contribution in [2.75, 3.05) is 19.5 Å². The molecule has 0 saturated carbocycles. The molecule has 1 aromatic heterocycles. The summed E-state index contributed by atoms with van der Waals surface area (Å²) in [7, 11) is 3.24. The molecule has 6 heteroatoms. The Morgan fingerprint density at radius 3 is 2.56 bits per heavy atom. The highest BCUT2D eigenvalue weighted by Gasteiger charge is 2.32. The number of methoxy groups -OCH3 is 2. The molecule has 0 bridgehead atoms. The average Bonchev–Trinajstić information content (AvgIpc) is 3.11. The fraction of sp³-hybridized carbons (Fsp3) is 0.238. The van der Waals surface area contributed by atoms with Crippen molar-refractivity contribution in [1.82, 2.24) is 9.78 Å². The minimum atomic E-state index is -0.131. The lowest BCUT2D eigenvalue weighted by Gasteiger charge is -2.25. The van der Waals surface area contributed by atoms with E-state index in [1.54, 1.807) is 18.9 Å². The topological polar surface area (TPSA) is 65.4 Å². The standard InChI is InChI=1S/C21H21N3O3/c1-13-4-6-14(7-5-13)24-21-18(12-22-24)17(11-20(25)23-21)16-9-8-15(26-2)10-19(16)27-3/h4-10,12,17H,11H2,1-3H3,(H,23,25)/t17-/m0/s1. The smallest absolute Gasteiger partial charge is 0.226 e. The molecule has 3 aromatic rings. The number of ether oxygens (including phenoxy) is 2. The molecule has 1 aliphatic rings. The number of hydrogen-bond acceptors (Lipinski definition) is 4. The van der Waals surface area contributed by atoms with Gasteiger partial charge >= 0.3 is 0 Å². The first-order chi connectivity index (χ1) is 13.1. The van der Waals surface area contributed by atoms with Gasteiger partial charge in [0.15, 0.2) is 0 Å². The Bertz CT molecular complexity index is 992. The SMILES string of the molecule is COc1ccc([C@@H]2CC(=O)Nc3c2cnn3-c2ccc(C)cc2)c(OC)c1. The zero-order valence-corrected chi connectivity index (χ0v) is 15.5. The molecule has 1 aliphatic heterocycles. The molecule has 1 atom stereocenters. The Morgan fingerprint density at radius 1 is 1.07 bits per heavy atom. The van der Waals surface area contributed by atoms with Crippen LogP contribution in [0.1, 0.15) is 29.0 Å². The van der Waals surface area contributed by atoms with Crippen molar-refractivity contribution in [3.63, 3.8) is 0 Å². The molecule has 0 fully saturated rings. The van der Waals surface area contributed by atoms with E-state index >= 15 is 0 Å². The lowest BCUT2D eigenvalue weighted by molar-refractivity contribution is -0.116. The van der Waals surface area contributed by atoms with Crippen molar-refractivity contribution in [2.45, 2.75) is 19.3 Å². The third kappa shape index (κ3) is 3.03. The Balaban J connectivity index is 1.81. The van der Waals surface area contributed by atoms with Crippen LogP contribution < -0.4 is 14.8 Å². The predicted octanol–water partition coefficient (Wildman–Crippen LogP) is 3.67. The van der Waals surface area contributed by atoms with Gasteiger partial charge in [-0.25, -0.2) is 4.68 Å². The number of aromatic nitrogens is 2. The van der Waals surface area contributed by atoms with Gasteiger partial charge in [0.05, 0.1) is 26.1 Å². The van der Waals surface area contributed by atoms with Crippen LogP contribution in [0.2, 0.25) is 0 Å². The molecule has 138 valence electrons. The highest BCUT2D eigenvalue weighted by molar-refractivity contribution is 5.94. The van der Waals surface area contributed by atoms with E-state index in [2.05, 4.69) is 10.4 Å². The van der Waals surface area contributed by atoms with Crippen molar-refractivity contribution in [1.29, 1.82) is 0 Å². The second-order valence-corrected chi connectivity index (χ2v) is 6.61. The number of fused-ring (bicyclic) bond motifs is 1. The van der Waals surface area contributed by atoms with E-state index in [0.717, 1.165) is 16.8 Å². The summed E-state index contributed by atoms with van der Waals surface area (Å²) in [5, 5.41) is 7.51. The molecule has 6 nitrogen and oxygen atoms in total. The number of amides is 1. The van der Waals surface area contributed by atoms with Crippen molar-refractivity contribution in [3.8, 4) is 17.2 Å². The third-order valence-electron chi connectivity index (χ3n) is 4.91. The monoisotopic (exact) mass is 363 g/mol. The van der Waals surface area contributed by atoms with Crippen LogP contribution in [-0.4, -0.2) is 29.9 Å². The molecular weight excluding hydrogens is 342 g/mol. The van der Waals surface area contributed by atoms with E-state index in [1.807, 2.05) is 55.6 Å². The molecule has 0 radical (unpaired) electrons. The van der Waals surface area contributed by atoms with Crippen LogP contribution in [0.4, 0.5) is 5.82 Å². The zero-order valence-electron chi connectivity index (χ0n) is 15.5. The number of anilines is 1. The van der Waals surface area contributed by atoms with Gasteiger partial charge in [-0.05, 0) is 25.1 Å². The van der Waals surface area contributed by atoms with Gasteiger partial charge in [-0.2, -0.15) is 5.10 Å². The largest absolute Gasteiger partial charge is 0.497 e. The predicted molar refractivity (Wildman–Crippen MR) is 103 cm³/mol. The molecule has 27 heavy (non-hydrogen) atoms. The van der Waals surface area contributed by atoms with Crippen molar-refractivity contribution in [2.24, 2.45) is 0 Å². The average molecular weight is 363 g/mol. The molecule has 0 unspecified atom stereocenters. The minimum absolute atomic E-state index is 0.0424. The fourth-order valence-corrected chi connectivity index (χ4v) is 3.49. The Hall–Kier alpha value is -3.28. The lowest BCUT2D eigenvalue weighted by Crippen LogP contribution is -2.24. The molecule has 0 spiro atoms. The van der Waals surface area contributed by atoms with Gasteiger partial charge in [0, 0.05) is 29.5 Å². The molecule has 0 saturated heterocycles. The molecule has 4 rings (SSSR count). The highest BCUT2D eigenvalue weighted by Crippen LogP contribution is 2.42. The summed E-state index contributed by atoms with van der Waals surface area (Å²) < 4.78 is 12.6. The van der Waals surface area contributed by atoms with Gasteiger partial charge in [-0.1, -0.05) is 23.8 Å². The van der Waals surface area contributed by atoms with Crippen molar-refractivity contribution >= 4 is 11.7 Å². The summed E-state index contributed by atoms with van der Waals surface area (Å²) in [5.74, 6) is 1.94. The zero-order chi connectivity index (χ0) is 19.0. The first-order valence-electron chi connectivity index (χ1n) is 8.77. The first kappa shape index (κ1) is 17.1. The summed E-state index contributed by atoms with van der Waals surface area (Å²) in [6.07, 6.45) is 2.16. The van der Waals surface area contributed by atoms with Crippen LogP contribution in [0.3, 0.4) is 0 Å². The maximum Gasteiger partial charge on any atom is 0.226 e. The quantitative estimate of drug-likeness (QED) is 0.768. The minimum Gasteiger partial charge on any atom is -0.497 e. The normalized spacial score (nSPS) is 15.8. The molecule has 2 heterocycles. The van der Waals surface area contributed by atoms with Crippen LogP contribution in [0.5, 0.6) is 11.5 Å². The van der Waals surface area contributed by atoms with E-state index in [0.29, 0.717) is 23.7 Å². The summed E-state index contributed by atoms with van der Waals surface area (Å²) in [4.78, 5) is 12.5. The number of hydrogen-bond donors (Lipinski definition) is 1. The number of rotatable bonds is 4. The van der Waals surface area contributed by atoms with E-state index in [9.17, 15) is 4.79 Å². The second-order valence-electron chi connectivity index (χ2n) is 6.61. The molecule has 1 N–H and O–H groups in total. The van der Waals surface area contributed by atoms with Crippen molar-refractivity contribution in [3.05, 3.63) is 65.4 Å². The van der Waals surface area contributed by atoms with Crippen molar-refractivity contribution < 1.29 is 14.3 Å². The molecule has 0 aliphatic carbocycles. The summed E-state index contributed by atoms with van der Waals surface area (Å²) in [6, 6.07) is 13.7. The van der Waals surface area contributed by atoms with E-state index in [4.69, 9.17) is 9.47 Å². The van der Waals surface area contributed by atoms with E-state index in [1.165, 1.54) is 5.56 Å². The third-order valence-corrected chi connectivity index (χ3v) is 4.91. The Morgan fingerprint density at radius 2 is 1.85 bits per heavy atom. The summed E-state index contributed by atoms with van der Waals surface area (Å²) in [5.41, 5.74) is 3.99. The molecule has 1 amide bonds. The highest BCUT2D eigenvalue weighted by atomic mass is 16.5. The van der Waals surface area contributed by atoms with Crippen LogP contribution >= 0.6 is 0 Å². The molecular formula is C21H21N3O3. The number of aryl methyl sites for hydroxylation is 1. The first-order valence-corrected chi connectivity index (χ1v) is 8.77. The van der Waals surface area contributed by atoms with Crippen LogP contribution in [0, 0.1) is 6.92 Å². The van der Waals surface area contributed by atoms with Gasteiger partial charge < -0.3 is 14.8 Å². The Labute approximate surface area is 157 Å². The van der Waals surface area contributed by atoms with E-state index in [-0.39, 0.29) is 11.8 Å². The molecule has 2 aromatic carbocycles. The second kappa shape index (κ2) is 6.79. The summed E-state index contributed by atoms with van der Waals surface area (Å²) in [6.45, 7) is 2.04. The maximum atomic E-state index is 12.5. The number of carbonyl (C=O) groups excluding carboxylic acids is 1.